The third kappa shape index (κ3) is 1.19. The average Bonchev–Trinajstić information content (AvgIpc) is 2.21. The zero-order valence-electron chi connectivity index (χ0n) is 5.96. The molecule has 1 heterocycles. The molecular weight excluding hydrogens is 239 g/mol. The largest absolute Gasteiger partial charge is 0.328 e. The van der Waals surface area contributed by atoms with Crippen LogP contribution in [0, 0.1) is 11.8 Å². The van der Waals surface area contributed by atoms with Crippen molar-refractivity contribution in [2.75, 3.05) is 13.1 Å². The van der Waals surface area contributed by atoms with Crippen molar-refractivity contribution in [1.29, 1.82) is 0 Å². The lowest BCUT2D eigenvalue weighted by molar-refractivity contribution is 0.494. The van der Waals surface area contributed by atoms with Crippen molar-refractivity contribution in [3.8, 4) is 0 Å². The lowest BCUT2D eigenvalue weighted by Gasteiger charge is -2.07. The Balaban J connectivity index is 2.00. The molecule has 58 valence electrons. The van der Waals surface area contributed by atoms with Crippen LogP contribution < -0.4 is 5.73 Å². The maximum atomic E-state index is 5.85. The third-order valence-corrected chi connectivity index (χ3v) is 3.53. The Kier molecular flexibility index (Phi) is 1.90. The monoisotopic (exact) mass is 252 g/mol. The summed E-state index contributed by atoms with van der Waals surface area (Å²) in [6, 6.07) is 0.514. The number of hydrogen-bond acceptors (Lipinski definition) is 2. The second-order valence-electron chi connectivity index (χ2n) is 3.58. The first-order chi connectivity index (χ1) is 4.75. The molecule has 2 nitrogen and oxygen atoms in total. The standard InChI is InChI=1S/C7H13IN2/c8-10-3-5-1-7(9)2-6(5)4-10/h5-7H,1-4,9H2/t5-,6+,7?. The van der Waals surface area contributed by atoms with Gasteiger partial charge in [-0.1, -0.05) is 0 Å². The molecule has 1 saturated carbocycles. The van der Waals surface area contributed by atoms with Crippen LogP contribution in [0.2, 0.25) is 0 Å². The Hall–Kier alpha value is 0.650. The van der Waals surface area contributed by atoms with Gasteiger partial charge in [0, 0.05) is 42.0 Å². The fraction of sp³-hybridized carbons (Fsp3) is 1.00. The molecule has 0 spiro atoms. The topological polar surface area (TPSA) is 29.3 Å². The number of nitrogens with zero attached hydrogens (tertiary/aromatic N) is 1. The summed E-state index contributed by atoms with van der Waals surface area (Å²) in [4.78, 5) is 0. The Morgan fingerprint density at radius 3 is 2.20 bits per heavy atom. The van der Waals surface area contributed by atoms with Gasteiger partial charge in [-0.3, -0.25) is 0 Å². The normalized spacial score (nSPS) is 48.0. The van der Waals surface area contributed by atoms with E-state index in [9.17, 15) is 0 Å². The van der Waals surface area contributed by atoms with Crippen molar-refractivity contribution >= 4 is 22.9 Å². The highest BCUT2D eigenvalue weighted by molar-refractivity contribution is 14.1. The first kappa shape index (κ1) is 7.31. The van der Waals surface area contributed by atoms with Crippen LogP contribution in [0.15, 0.2) is 0 Å². The van der Waals surface area contributed by atoms with Crippen LogP contribution >= 0.6 is 22.9 Å². The predicted octanol–water partition coefficient (Wildman–Crippen LogP) is 1.01. The Morgan fingerprint density at radius 1 is 1.20 bits per heavy atom. The highest BCUT2D eigenvalue weighted by Crippen LogP contribution is 2.38. The predicted molar refractivity (Wildman–Crippen MR) is 49.8 cm³/mol. The average molecular weight is 252 g/mol. The minimum Gasteiger partial charge on any atom is -0.328 e. The number of hydrogen-bond donors (Lipinski definition) is 1. The van der Waals surface area contributed by atoms with Crippen molar-refractivity contribution in [1.82, 2.24) is 3.11 Å². The van der Waals surface area contributed by atoms with E-state index in [1.165, 1.54) is 25.9 Å². The Bertz CT molecular complexity index is 112. The number of rotatable bonds is 0. The molecule has 0 bridgehead atoms. The van der Waals surface area contributed by atoms with E-state index in [2.05, 4.69) is 26.0 Å². The molecule has 3 atom stereocenters. The van der Waals surface area contributed by atoms with Gasteiger partial charge in [0.25, 0.3) is 0 Å². The molecule has 2 N–H and O–H groups in total. The smallest absolute Gasteiger partial charge is 0.0201 e. The maximum absolute atomic E-state index is 5.85. The Morgan fingerprint density at radius 2 is 1.70 bits per heavy atom. The molecule has 0 radical (unpaired) electrons. The minimum atomic E-state index is 0.514. The summed E-state index contributed by atoms with van der Waals surface area (Å²) in [6.45, 7) is 2.55. The van der Waals surface area contributed by atoms with Crippen LogP contribution in [0.1, 0.15) is 12.8 Å². The van der Waals surface area contributed by atoms with Gasteiger partial charge in [-0.2, -0.15) is 0 Å². The first-order valence-electron chi connectivity index (χ1n) is 3.92. The highest BCUT2D eigenvalue weighted by atomic mass is 127. The molecule has 1 aliphatic carbocycles. The zero-order valence-corrected chi connectivity index (χ0v) is 8.12. The lowest BCUT2D eigenvalue weighted by atomic mass is 10.0. The summed E-state index contributed by atoms with van der Waals surface area (Å²) in [5.41, 5.74) is 5.85. The molecule has 2 aliphatic rings. The van der Waals surface area contributed by atoms with Crippen LogP contribution in [0.25, 0.3) is 0 Å². The molecule has 0 aromatic rings. The number of fused-ring (bicyclic) bond motifs is 1. The Labute approximate surface area is 75.6 Å². The molecular formula is C7H13IN2. The van der Waals surface area contributed by atoms with E-state index < -0.39 is 0 Å². The second-order valence-corrected chi connectivity index (χ2v) is 4.94. The minimum absolute atomic E-state index is 0.514. The van der Waals surface area contributed by atoms with Gasteiger partial charge in [-0.25, -0.2) is 3.11 Å². The van der Waals surface area contributed by atoms with E-state index >= 15 is 0 Å². The van der Waals surface area contributed by atoms with Gasteiger partial charge in [0.15, 0.2) is 0 Å². The summed E-state index contributed by atoms with van der Waals surface area (Å²) in [7, 11) is 0. The lowest BCUT2D eigenvalue weighted by Crippen LogP contribution is -2.19. The number of nitrogens with two attached hydrogens (primary N) is 1. The first-order valence-corrected chi connectivity index (χ1v) is 4.88. The van der Waals surface area contributed by atoms with E-state index in [4.69, 9.17) is 5.73 Å². The van der Waals surface area contributed by atoms with Gasteiger partial charge in [0.2, 0.25) is 0 Å². The summed E-state index contributed by atoms with van der Waals surface area (Å²) >= 11 is 2.42. The van der Waals surface area contributed by atoms with Gasteiger partial charge in [-0.15, -0.1) is 0 Å². The van der Waals surface area contributed by atoms with Gasteiger partial charge < -0.3 is 5.73 Å². The fourth-order valence-electron chi connectivity index (χ4n) is 2.29. The molecule has 0 amide bonds. The van der Waals surface area contributed by atoms with Gasteiger partial charge >= 0.3 is 0 Å². The van der Waals surface area contributed by atoms with E-state index in [0.29, 0.717) is 6.04 Å². The van der Waals surface area contributed by atoms with Crippen LogP contribution in [-0.2, 0) is 0 Å². The highest BCUT2D eigenvalue weighted by Gasteiger charge is 2.38. The van der Waals surface area contributed by atoms with Crippen LogP contribution in [0.5, 0.6) is 0 Å². The van der Waals surface area contributed by atoms with Crippen LogP contribution in [0.4, 0.5) is 0 Å². The zero-order chi connectivity index (χ0) is 7.14. The second kappa shape index (κ2) is 2.60. The summed E-state index contributed by atoms with van der Waals surface area (Å²) in [6.07, 6.45) is 2.54. The van der Waals surface area contributed by atoms with E-state index in [0.717, 1.165) is 11.8 Å². The van der Waals surface area contributed by atoms with Gasteiger partial charge in [0.05, 0.1) is 0 Å². The van der Waals surface area contributed by atoms with Crippen molar-refractivity contribution in [3.63, 3.8) is 0 Å². The third-order valence-electron chi connectivity index (χ3n) is 2.74. The summed E-state index contributed by atoms with van der Waals surface area (Å²) in [5, 5.41) is 0. The molecule has 2 fully saturated rings. The van der Waals surface area contributed by atoms with Gasteiger partial charge in [-0.05, 0) is 24.7 Å². The summed E-state index contributed by atoms with van der Waals surface area (Å²) < 4.78 is 2.40. The van der Waals surface area contributed by atoms with Crippen molar-refractivity contribution < 1.29 is 0 Å². The van der Waals surface area contributed by atoms with Crippen molar-refractivity contribution in [3.05, 3.63) is 0 Å². The summed E-state index contributed by atoms with van der Waals surface area (Å²) in [5.74, 6) is 1.85. The van der Waals surface area contributed by atoms with Crippen molar-refractivity contribution in [2.24, 2.45) is 17.6 Å². The van der Waals surface area contributed by atoms with E-state index in [-0.39, 0.29) is 0 Å². The molecule has 1 aliphatic heterocycles. The maximum Gasteiger partial charge on any atom is 0.0201 e. The van der Waals surface area contributed by atoms with E-state index in [1.54, 1.807) is 0 Å². The SMILES string of the molecule is NC1C[C@@H]2CN(I)C[C@@H]2C1. The molecule has 1 unspecified atom stereocenters. The molecule has 10 heavy (non-hydrogen) atoms. The molecule has 3 heteroatoms. The van der Waals surface area contributed by atoms with Crippen LogP contribution in [-0.4, -0.2) is 22.2 Å². The molecule has 0 aromatic carbocycles. The molecule has 0 aromatic heterocycles. The van der Waals surface area contributed by atoms with E-state index in [1.807, 2.05) is 0 Å². The number of halogens is 1. The fourth-order valence-corrected chi connectivity index (χ4v) is 3.30. The quantitative estimate of drug-likeness (QED) is 0.515. The molecule has 2 rings (SSSR count). The van der Waals surface area contributed by atoms with Gasteiger partial charge in [0.1, 0.15) is 0 Å². The van der Waals surface area contributed by atoms with Crippen LogP contribution in [0.3, 0.4) is 0 Å². The molecule has 1 saturated heterocycles. The van der Waals surface area contributed by atoms with Crippen molar-refractivity contribution in [2.45, 2.75) is 18.9 Å².